The Morgan fingerprint density at radius 3 is 2.95 bits per heavy atom. The van der Waals surface area contributed by atoms with Crippen molar-refractivity contribution >= 4 is 6.09 Å². The Kier molecular flexibility index (Phi) is 2.70. The highest BCUT2D eigenvalue weighted by atomic mass is 16.4. The van der Waals surface area contributed by atoms with E-state index in [1.54, 1.807) is 10.9 Å². The van der Waals surface area contributed by atoms with Crippen LogP contribution in [0, 0.1) is 0 Å². The maximum absolute atomic E-state index is 11.0. The third-order valence-corrected chi connectivity index (χ3v) is 3.38. The Bertz CT molecular complexity index is 621. The molecule has 2 aromatic heterocycles. The minimum absolute atomic E-state index is 0.353. The van der Waals surface area contributed by atoms with Crippen molar-refractivity contribution in [3.05, 3.63) is 35.7 Å². The zero-order valence-corrected chi connectivity index (χ0v) is 10.6. The molecule has 2 aromatic rings. The molecule has 0 aliphatic carbocycles. The molecule has 1 aliphatic rings. The molecule has 1 amide bonds. The van der Waals surface area contributed by atoms with Crippen LogP contribution in [0.1, 0.15) is 11.3 Å². The van der Waals surface area contributed by atoms with E-state index in [-0.39, 0.29) is 0 Å². The summed E-state index contributed by atoms with van der Waals surface area (Å²) in [6, 6.07) is 5.76. The first-order valence-electron chi connectivity index (χ1n) is 6.11. The van der Waals surface area contributed by atoms with Crippen molar-refractivity contribution < 1.29 is 9.90 Å². The maximum Gasteiger partial charge on any atom is 0.407 e. The number of aryl methyl sites for hydroxylation is 1. The Hall–Kier alpha value is -2.37. The van der Waals surface area contributed by atoms with E-state index in [2.05, 4.69) is 10.1 Å². The third-order valence-electron chi connectivity index (χ3n) is 3.38. The fourth-order valence-corrected chi connectivity index (χ4v) is 2.51. The maximum atomic E-state index is 11.0. The van der Waals surface area contributed by atoms with Crippen LogP contribution in [0.2, 0.25) is 0 Å². The van der Waals surface area contributed by atoms with Crippen molar-refractivity contribution in [1.29, 1.82) is 0 Å². The molecule has 0 aromatic carbocycles. The standard InChI is InChI=1S/C13H14N4O2/c1-16-12(10-4-2-3-6-14-10)9-5-7-17(13(18)19)8-11(9)15-16/h2-4,6H,5,7-8H2,1H3,(H,18,19). The van der Waals surface area contributed by atoms with E-state index in [0.29, 0.717) is 19.5 Å². The van der Waals surface area contributed by atoms with Crippen molar-refractivity contribution in [1.82, 2.24) is 19.7 Å². The predicted octanol–water partition coefficient (Wildman–Crippen LogP) is 1.52. The summed E-state index contributed by atoms with van der Waals surface area (Å²) in [6.45, 7) is 0.860. The highest BCUT2D eigenvalue weighted by molar-refractivity contribution is 5.67. The van der Waals surface area contributed by atoms with Gasteiger partial charge in [-0.05, 0) is 18.6 Å². The number of pyridine rings is 1. The molecule has 1 aliphatic heterocycles. The molecule has 0 unspecified atom stereocenters. The molecule has 0 fully saturated rings. The lowest BCUT2D eigenvalue weighted by Crippen LogP contribution is -2.34. The number of carbonyl (C=O) groups is 1. The van der Waals surface area contributed by atoms with Gasteiger partial charge in [-0.3, -0.25) is 9.67 Å². The zero-order valence-electron chi connectivity index (χ0n) is 10.6. The van der Waals surface area contributed by atoms with E-state index in [1.165, 1.54) is 4.90 Å². The van der Waals surface area contributed by atoms with Gasteiger partial charge in [-0.2, -0.15) is 5.10 Å². The normalized spacial score (nSPS) is 14.3. The van der Waals surface area contributed by atoms with Gasteiger partial charge >= 0.3 is 6.09 Å². The van der Waals surface area contributed by atoms with Crippen LogP contribution in [-0.4, -0.2) is 37.4 Å². The number of hydrogen-bond donors (Lipinski definition) is 1. The van der Waals surface area contributed by atoms with Gasteiger partial charge in [-0.1, -0.05) is 6.07 Å². The van der Waals surface area contributed by atoms with E-state index in [1.807, 2.05) is 25.2 Å². The largest absolute Gasteiger partial charge is 0.465 e. The van der Waals surface area contributed by atoms with Crippen molar-refractivity contribution in [2.24, 2.45) is 7.05 Å². The average molecular weight is 258 g/mol. The van der Waals surface area contributed by atoms with Gasteiger partial charge in [-0.25, -0.2) is 4.79 Å². The SMILES string of the molecule is Cn1nc2c(c1-c1ccccn1)CCN(C(=O)O)C2. The molecule has 0 saturated heterocycles. The highest BCUT2D eigenvalue weighted by Crippen LogP contribution is 2.28. The second kappa shape index (κ2) is 4.38. The number of carboxylic acid groups (broad SMARTS) is 1. The average Bonchev–Trinajstić information content (AvgIpc) is 2.74. The topological polar surface area (TPSA) is 71.2 Å². The van der Waals surface area contributed by atoms with Crippen LogP contribution in [0.3, 0.4) is 0 Å². The molecular formula is C13H14N4O2. The first-order chi connectivity index (χ1) is 9.16. The minimum atomic E-state index is -0.893. The summed E-state index contributed by atoms with van der Waals surface area (Å²) < 4.78 is 1.79. The quantitative estimate of drug-likeness (QED) is 0.841. The van der Waals surface area contributed by atoms with E-state index in [4.69, 9.17) is 5.11 Å². The zero-order chi connectivity index (χ0) is 13.4. The molecule has 6 heteroatoms. The lowest BCUT2D eigenvalue weighted by Gasteiger charge is -2.23. The molecule has 3 rings (SSSR count). The molecule has 0 atom stereocenters. The van der Waals surface area contributed by atoms with Gasteiger partial charge in [0.15, 0.2) is 0 Å². The van der Waals surface area contributed by atoms with Gasteiger partial charge in [0.05, 0.1) is 23.6 Å². The minimum Gasteiger partial charge on any atom is -0.465 e. The molecule has 0 spiro atoms. The fourth-order valence-electron chi connectivity index (χ4n) is 2.51. The summed E-state index contributed by atoms with van der Waals surface area (Å²) in [5, 5.41) is 13.5. The summed E-state index contributed by atoms with van der Waals surface area (Å²) in [4.78, 5) is 16.7. The van der Waals surface area contributed by atoms with Crippen molar-refractivity contribution in [2.75, 3.05) is 6.54 Å². The Labute approximate surface area is 110 Å². The summed E-state index contributed by atoms with van der Waals surface area (Å²) >= 11 is 0. The first-order valence-corrected chi connectivity index (χ1v) is 6.11. The van der Waals surface area contributed by atoms with Gasteiger partial charge in [0.2, 0.25) is 0 Å². The molecular weight excluding hydrogens is 244 g/mol. The van der Waals surface area contributed by atoms with E-state index in [0.717, 1.165) is 22.6 Å². The predicted molar refractivity (Wildman–Crippen MR) is 68.6 cm³/mol. The van der Waals surface area contributed by atoms with Gasteiger partial charge in [0.1, 0.15) is 0 Å². The van der Waals surface area contributed by atoms with Gasteiger partial charge in [-0.15, -0.1) is 0 Å². The number of amides is 1. The summed E-state index contributed by atoms with van der Waals surface area (Å²) in [5.74, 6) is 0. The number of hydrogen-bond acceptors (Lipinski definition) is 3. The molecule has 0 saturated carbocycles. The molecule has 6 nitrogen and oxygen atoms in total. The lowest BCUT2D eigenvalue weighted by atomic mass is 10.0. The molecule has 3 heterocycles. The first kappa shape index (κ1) is 11.7. The van der Waals surface area contributed by atoms with Crippen LogP contribution < -0.4 is 0 Å². The van der Waals surface area contributed by atoms with Crippen LogP contribution in [0.25, 0.3) is 11.4 Å². The molecule has 0 bridgehead atoms. The van der Waals surface area contributed by atoms with Gasteiger partial charge in [0, 0.05) is 25.4 Å². The van der Waals surface area contributed by atoms with Crippen LogP contribution in [0.4, 0.5) is 4.79 Å². The van der Waals surface area contributed by atoms with Crippen molar-refractivity contribution in [3.8, 4) is 11.4 Å². The third kappa shape index (κ3) is 1.95. The molecule has 98 valence electrons. The number of fused-ring (bicyclic) bond motifs is 1. The number of aromatic nitrogens is 3. The molecule has 1 N–H and O–H groups in total. The second-order valence-electron chi connectivity index (χ2n) is 4.57. The number of nitrogens with zero attached hydrogens (tertiary/aromatic N) is 4. The Morgan fingerprint density at radius 1 is 1.42 bits per heavy atom. The smallest absolute Gasteiger partial charge is 0.407 e. The Morgan fingerprint density at radius 2 is 2.26 bits per heavy atom. The molecule has 0 radical (unpaired) electrons. The van der Waals surface area contributed by atoms with E-state index < -0.39 is 6.09 Å². The lowest BCUT2D eigenvalue weighted by molar-refractivity contribution is 0.139. The van der Waals surface area contributed by atoms with E-state index >= 15 is 0 Å². The highest BCUT2D eigenvalue weighted by Gasteiger charge is 2.26. The second-order valence-corrected chi connectivity index (χ2v) is 4.57. The van der Waals surface area contributed by atoms with E-state index in [9.17, 15) is 4.79 Å². The van der Waals surface area contributed by atoms with Crippen LogP contribution in [0.15, 0.2) is 24.4 Å². The van der Waals surface area contributed by atoms with Crippen LogP contribution in [0.5, 0.6) is 0 Å². The van der Waals surface area contributed by atoms with Gasteiger partial charge in [0.25, 0.3) is 0 Å². The Balaban J connectivity index is 2.04. The van der Waals surface area contributed by atoms with Gasteiger partial charge < -0.3 is 10.0 Å². The monoisotopic (exact) mass is 258 g/mol. The van der Waals surface area contributed by atoms with Crippen molar-refractivity contribution in [3.63, 3.8) is 0 Å². The van der Waals surface area contributed by atoms with Crippen molar-refractivity contribution in [2.45, 2.75) is 13.0 Å². The number of rotatable bonds is 1. The summed E-state index contributed by atoms with van der Waals surface area (Å²) in [7, 11) is 1.87. The van der Waals surface area contributed by atoms with Crippen LogP contribution >= 0.6 is 0 Å². The van der Waals surface area contributed by atoms with Crippen LogP contribution in [-0.2, 0) is 20.0 Å². The molecule has 19 heavy (non-hydrogen) atoms. The fraction of sp³-hybridized carbons (Fsp3) is 0.308. The summed E-state index contributed by atoms with van der Waals surface area (Å²) in [5.41, 5.74) is 3.80. The summed E-state index contributed by atoms with van der Waals surface area (Å²) in [6.07, 6.45) is 1.54.